The number of anilines is 1. The Kier molecular flexibility index (Phi) is 4.65. The van der Waals surface area contributed by atoms with Gasteiger partial charge in [-0.15, -0.1) is 0 Å². The number of rotatable bonds is 4. The first-order chi connectivity index (χ1) is 9.65. The van der Waals surface area contributed by atoms with Gasteiger partial charge in [-0.25, -0.2) is 0 Å². The molecular formula is C16H15BrN2O. The first-order valence-electron chi connectivity index (χ1n) is 6.21. The van der Waals surface area contributed by atoms with Crippen LogP contribution >= 0.6 is 15.9 Å². The molecule has 0 heterocycles. The molecule has 0 saturated heterocycles. The van der Waals surface area contributed by atoms with Crippen molar-refractivity contribution in [2.24, 2.45) is 0 Å². The molecule has 0 unspecified atom stereocenters. The third kappa shape index (κ3) is 3.12. The molecule has 102 valence electrons. The number of aryl methyl sites for hydroxylation is 1. The van der Waals surface area contributed by atoms with Crippen LogP contribution in [0.25, 0.3) is 0 Å². The highest BCUT2D eigenvalue weighted by atomic mass is 79.9. The van der Waals surface area contributed by atoms with Gasteiger partial charge in [-0.3, -0.25) is 0 Å². The summed E-state index contributed by atoms with van der Waals surface area (Å²) in [6.07, 6.45) is 0. The fourth-order valence-electron chi connectivity index (χ4n) is 1.98. The van der Waals surface area contributed by atoms with Gasteiger partial charge >= 0.3 is 0 Å². The van der Waals surface area contributed by atoms with Gasteiger partial charge in [0.25, 0.3) is 0 Å². The van der Waals surface area contributed by atoms with Crippen molar-refractivity contribution in [3.05, 3.63) is 57.6 Å². The Balaban J connectivity index is 2.15. The van der Waals surface area contributed by atoms with Gasteiger partial charge < -0.3 is 10.1 Å². The number of methoxy groups -OCH3 is 1. The van der Waals surface area contributed by atoms with Gasteiger partial charge in [0.2, 0.25) is 0 Å². The molecule has 0 aliphatic rings. The molecule has 0 radical (unpaired) electrons. The highest BCUT2D eigenvalue weighted by molar-refractivity contribution is 9.10. The highest BCUT2D eigenvalue weighted by Gasteiger charge is 2.05. The fourth-order valence-corrected chi connectivity index (χ4v) is 2.57. The lowest BCUT2D eigenvalue weighted by molar-refractivity contribution is 0.412. The minimum absolute atomic E-state index is 0.653. The number of nitrogens with zero attached hydrogens (tertiary/aromatic N) is 1. The van der Waals surface area contributed by atoms with Crippen molar-refractivity contribution in [2.75, 3.05) is 12.4 Å². The summed E-state index contributed by atoms with van der Waals surface area (Å²) in [4.78, 5) is 0. The third-order valence-electron chi connectivity index (χ3n) is 3.08. The maximum absolute atomic E-state index is 9.19. The van der Waals surface area contributed by atoms with Crippen molar-refractivity contribution in [1.82, 2.24) is 0 Å². The third-order valence-corrected chi connectivity index (χ3v) is 3.70. The Morgan fingerprint density at radius 2 is 2.10 bits per heavy atom. The molecule has 0 spiro atoms. The molecule has 0 atom stereocenters. The van der Waals surface area contributed by atoms with E-state index >= 15 is 0 Å². The van der Waals surface area contributed by atoms with Crippen LogP contribution < -0.4 is 10.1 Å². The lowest BCUT2D eigenvalue weighted by atomic mass is 10.1. The van der Waals surface area contributed by atoms with Gasteiger partial charge in [0, 0.05) is 6.54 Å². The summed E-state index contributed by atoms with van der Waals surface area (Å²) in [6, 6.07) is 14.0. The summed E-state index contributed by atoms with van der Waals surface area (Å²) in [5.74, 6) is 0.807. The van der Waals surface area contributed by atoms with E-state index in [2.05, 4.69) is 27.3 Å². The van der Waals surface area contributed by atoms with Gasteiger partial charge in [-0.05, 0) is 52.2 Å². The Morgan fingerprint density at radius 1 is 1.30 bits per heavy atom. The topological polar surface area (TPSA) is 45.0 Å². The van der Waals surface area contributed by atoms with Gasteiger partial charge in [0.1, 0.15) is 11.8 Å². The van der Waals surface area contributed by atoms with E-state index in [0.29, 0.717) is 12.1 Å². The summed E-state index contributed by atoms with van der Waals surface area (Å²) >= 11 is 3.47. The van der Waals surface area contributed by atoms with E-state index < -0.39 is 0 Å². The van der Waals surface area contributed by atoms with Gasteiger partial charge in [0.15, 0.2) is 0 Å². The Hall–Kier alpha value is -1.99. The Morgan fingerprint density at radius 3 is 2.75 bits per heavy atom. The second-order valence-corrected chi connectivity index (χ2v) is 5.29. The first-order valence-corrected chi connectivity index (χ1v) is 7.01. The van der Waals surface area contributed by atoms with Crippen molar-refractivity contribution in [1.29, 1.82) is 5.26 Å². The molecule has 0 aromatic heterocycles. The molecule has 0 bridgehead atoms. The van der Waals surface area contributed by atoms with Crippen molar-refractivity contribution >= 4 is 21.6 Å². The monoisotopic (exact) mass is 330 g/mol. The number of halogens is 1. The molecule has 2 rings (SSSR count). The number of nitriles is 1. The standard InChI is InChI=1S/C16H15BrN2O/c1-11-4-3-5-15(13(11)9-18)19-10-12-6-7-16(20-2)14(17)8-12/h3-8,19H,10H2,1-2H3. The minimum atomic E-state index is 0.653. The SMILES string of the molecule is COc1ccc(CNc2cccc(C)c2C#N)cc1Br. The predicted octanol–water partition coefficient (Wildman–Crippen LogP) is 4.25. The fraction of sp³-hybridized carbons (Fsp3) is 0.188. The molecule has 3 nitrogen and oxygen atoms in total. The van der Waals surface area contributed by atoms with E-state index in [1.165, 1.54) is 0 Å². The Labute approximate surface area is 127 Å². The number of nitrogens with one attached hydrogen (secondary N) is 1. The second kappa shape index (κ2) is 6.44. The van der Waals surface area contributed by atoms with Crippen LogP contribution in [0.5, 0.6) is 5.75 Å². The van der Waals surface area contributed by atoms with E-state index in [0.717, 1.165) is 27.0 Å². The molecular weight excluding hydrogens is 316 g/mol. The van der Waals surface area contributed by atoms with Crippen molar-refractivity contribution < 1.29 is 4.74 Å². The molecule has 0 aliphatic carbocycles. The molecule has 0 amide bonds. The number of ether oxygens (including phenoxy) is 1. The highest BCUT2D eigenvalue weighted by Crippen LogP contribution is 2.26. The van der Waals surface area contributed by atoms with E-state index in [4.69, 9.17) is 4.74 Å². The van der Waals surface area contributed by atoms with Crippen LogP contribution in [0.3, 0.4) is 0 Å². The van der Waals surface area contributed by atoms with E-state index in [9.17, 15) is 5.26 Å². The van der Waals surface area contributed by atoms with Crippen LogP contribution in [0, 0.1) is 18.3 Å². The van der Waals surface area contributed by atoms with Crippen LogP contribution in [-0.4, -0.2) is 7.11 Å². The zero-order valence-corrected chi connectivity index (χ0v) is 13.0. The number of benzene rings is 2. The zero-order valence-electron chi connectivity index (χ0n) is 11.4. The molecule has 0 saturated carbocycles. The molecule has 4 heteroatoms. The van der Waals surface area contributed by atoms with Gasteiger partial charge in [-0.2, -0.15) is 5.26 Å². The smallest absolute Gasteiger partial charge is 0.133 e. The summed E-state index contributed by atoms with van der Waals surface area (Å²) in [5, 5.41) is 12.5. The molecule has 2 aromatic rings. The minimum Gasteiger partial charge on any atom is -0.496 e. The molecule has 1 N–H and O–H groups in total. The molecule has 0 aliphatic heterocycles. The zero-order chi connectivity index (χ0) is 14.5. The Bertz CT molecular complexity index is 662. The van der Waals surface area contributed by atoms with Crippen molar-refractivity contribution in [3.63, 3.8) is 0 Å². The number of hydrogen-bond acceptors (Lipinski definition) is 3. The van der Waals surface area contributed by atoms with Crippen molar-refractivity contribution in [2.45, 2.75) is 13.5 Å². The molecule has 2 aromatic carbocycles. The maximum atomic E-state index is 9.19. The van der Waals surface area contributed by atoms with Gasteiger partial charge in [-0.1, -0.05) is 18.2 Å². The maximum Gasteiger partial charge on any atom is 0.133 e. The largest absolute Gasteiger partial charge is 0.496 e. The molecule has 20 heavy (non-hydrogen) atoms. The summed E-state index contributed by atoms with van der Waals surface area (Å²) < 4.78 is 6.13. The van der Waals surface area contributed by atoms with E-state index in [1.54, 1.807) is 7.11 Å². The normalized spacial score (nSPS) is 9.90. The van der Waals surface area contributed by atoms with E-state index in [-0.39, 0.29) is 0 Å². The van der Waals surface area contributed by atoms with Crippen LogP contribution in [0.1, 0.15) is 16.7 Å². The summed E-state index contributed by atoms with van der Waals surface area (Å²) in [7, 11) is 1.64. The predicted molar refractivity (Wildman–Crippen MR) is 83.9 cm³/mol. The first kappa shape index (κ1) is 14.4. The van der Waals surface area contributed by atoms with Crippen LogP contribution in [-0.2, 0) is 6.54 Å². The van der Waals surface area contributed by atoms with E-state index in [1.807, 2.05) is 43.3 Å². The van der Waals surface area contributed by atoms with Crippen LogP contribution in [0.4, 0.5) is 5.69 Å². The lowest BCUT2D eigenvalue weighted by Crippen LogP contribution is -2.02. The van der Waals surface area contributed by atoms with Crippen molar-refractivity contribution in [3.8, 4) is 11.8 Å². The summed E-state index contributed by atoms with van der Waals surface area (Å²) in [6.45, 7) is 2.59. The van der Waals surface area contributed by atoms with Crippen LogP contribution in [0.15, 0.2) is 40.9 Å². The van der Waals surface area contributed by atoms with Gasteiger partial charge in [0.05, 0.1) is 22.8 Å². The quantitative estimate of drug-likeness (QED) is 0.911. The lowest BCUT2D eigenvalue weighted by Gasteiger charge is -2.11. The average Bonchev–Trinajstić information content (AvgIpc) is 2.45. The average molecular weight is 331 g/mol. The molecule has 0 fully saturated rings. The van der Waals surface area contributed by atoms with Crippen LogP contribution in [0.2, 0.25) is 0 Å². The number of hydrogen-bond donors (Lipinski definition) is 1. The summed E-state index contributed by atoms with van der Waals surface area (Å²) in [5.41, 5.74) is 3.65. The second-order valence-electron chi connectivity index (χ2n) is 4.43.